The van der Waals surface area contributed by atoms with E-state index in [9.17, 15) is 9.18 Å². The molecule has 0 aromatic heterocycles. The van der Waals surface area contributed by atoms with E-state index >= 15 is 0 Å². The second-order valence-electron chi connectivity index (χ2n) is 5.31. The molecule has 3 heteroatoms. The summed E-state index contributed by atoms with van der Waals surface area (Å²) in [6, 6.07) is 10.3. The van der Waals surface area contributed by atoms with Gasteiger partial charge in [-0.05, 0) is 55.0 Å². The van der Waals surface area contributed by atoms with E-state index in [4.69, 9.17) is 4.74 Å². The Labute approximate surface area is 123 Å². The number of benzene rings is 2. The van der Waals surface area contributed by atoms with Crippen molar-refractivity contribution >= 4 is 6.29 Å². The minimum Gasteiger partial charge on any atom is -0.493 e. The highest BCUT2D eigenvalue weighted by Gasteiger charge is 2.27. The van der Waals surface area contributed by atoms with Gasteiger partial charge in [-0.1, -0.05) is 12.1 Å². The predicted molar refractivity (Wildman–Crippen MR) is 80.4 cm³/mol. The number of carbonyl (C=O) groups excluding carboxylic acids is 1. The number of hydrogen-bond donors (Lipinski definition) is 0. The molecule has 2 nitrogen and oxygen atoms in total. The molecule has 2 aromatic rings. The van der Waals surface area contributed by atoms with Crippen LogP contribution in [0.4, 0.5) is 4.39 Å². The van der Waals surface area contributed by atoms with Crippen LogP contribution in [0.5, 0.6) is 5.75 Å². The van der Waals surface area contributed by atoms with E-state index < -0.39 is 0 Å². The van der Waals surface area contributed by atoms with Gasteiger partial charge in [0.1, 0.15) is 17.9 Å². The van der Waals surface area contributed by atoms with Gasteiger partial charge in [0.15, 0.2) is 0 Å². The Balaban J connectivity index is 2.13. The highest BCUT2D eigenvalue weighted by molar-refractivity contribution is 5.81. The topological polar surface area (TPSA) is 26.3 Å². The molecule has 0 saturated heterocycles. The van der Waals surface area contributed by atoms with Crippen LogP contribution in [0.15, 0.2) is 36.4 Å². The van der Waals surface area contributed by atoms with Crippen molar-refractivity contribution in [2.45, 2.75) is 25.7 Å². The van der Waals surface area contributed by atoms with Crippen molar-refractivity contribution in [3.05, 3.63) is 53.3 Å². The van der Waals surface area contributed by atoms with Crippen LogP contribution < -0.4 is 4.74 Å². The maximum absolute atomic E-state index is 13.5. The number of hydrogen-bond acceptors (Lipinski definition) is 2. The van der Waals surface area contributed by atoms with Crippen LogP contribution in [-0.4, -0.2) is 12.9 Å². The van der Waals surface area contributed by atoms with Crippen LogP contribution in [0, 0.1) is 5.82 Å². The molecule has 0 atom stereocenters. The lowest BCUT2D eigenvalue weighted by atomic mass is 9.94. The highest BCUT2D eigenvalue weighted by atomic mass is 19.1. The lowest BCUT2D eigenvalue weighted by Crippen LogP contribution is -1.97. The second-order valence-corrected chi connectivity index (χ2v) is 5.31. The van der Waals surface area contributed by atoms with E-state index in [0.717, 1.165) is 35.8 Å². The highest BCUT2D eigenvalue weighted by Crippen LogP contribution is 2.46. The van der Waals surface area contributed by atoms with Gasteiger partial charge in [-0.25, -0.2) is 4.39 Å². The molecule has 1 fully saturated rings. The van der Waals surface area contributed by atoms with Gasteiger partial charge in [0.25, 0.3) is 0 Å². The summed E-state index contributed by atoms with van der Waals surface area (Å²) >= 11 is 0. The van der Waals surface area contributed by atoms with Crippen LogP contribution in [-0.2, 0) is 0 Å². The largest absolute Gasteiger partial charge is 0.493 e. The van der Waals surface area contributed by atoms with E-state index in [0.29, 0.717) is 23.8 Å². The average Bonchev–Trinajstić information content (AvgIpc) is 3.32. The Morgan fingerprint density at radius 1 is 1.19 bits per heavy atom. The number of aldehydes is 1. The molecule has 2 aromatic carbocycles. The third-order valence-electron chi connectivity index (χ3n) is 3.76. The molecule has 21 heavy (non-hydrogen) atoms. The Morgan fingerprint density at radius 2 is 1.95 bits per heavy atom. The van der Waals surface area contributed by atoms with Crippen LogP contribution in [0.1, 0.15) is 41.6 Å². The SMILES string of the molecule is CCOc1cc(F)ccc1-c1ccc(C=O)cc1C1CC1. The molecule has 0 heterocycles. The van der Waals surface area contributed by atoms with Gasteiger partial charge in [0.2, 0.25) is 0 Å². The monoisotopic (exact) mass is 284 g/mol. The third-order valence-corrected chi connectivity index (χ3v) is 3.76. The minimum atomic E-state index is -0.306. The third kappa shape index (κ3) is 2.82. The fraction of sp³-hybridized carbons (Fsp3) is 0.278. The zero-order chi connectivity index (χ0) is 14.8. The second kappa shape index (κ2) is 5.68. The van der Waals surface area contributed by atoms with E-state index in [2.05, 4.69) is 0 Å². The van der Waals surface area contributed by atoms with Crippen molar-refractivity contribution in [2.75, 3.05) is 6.61 Å². The first-order chi connectivity index (χ1) is 10.2. The first-order valence-corrected chi connectivity index (χ1v) is 7.24. The zero-order valence-electron chi connectivity index (χ0n) is 11.9. The molecule has 0 radical (unpaired) electrons. The van der Waals surface area contributed by atoms with E-state index in [1.54, 1.807) is 12.1 Å². The van der Waals surface area contributed by atoms with Gasteiger partial charge in [0, 0.05) is 17.2 Å². The van der Waals surface area contributed by atoms with Gasteiger partial charge in [-0.15, -0.1) is 0 Å². The minimum absolute atomic E-state index is 0.306. The van der Waals surface area contributed by atoms with Gasteiger partial charge in [-0.2, -0.15) is 0 Å². The molecule has 0 bridgehead atoms. The van der Waals surface area contributed by atoms with E-state index in [-0.39, 0.29) is 5.82 Å². The maximum Gasteiger partial charge on any atom is 0.150 e. The van der Waals surface area contributed by atoms with Gasteiger partial charge in [-0.3, -0.25) is 4.79 Å². The standard InChI is InChI=1S/C18H17FO2/c1-2-21-18-10-14(19)6-8-16(18)15-7-3-12(11-20)9-17(15)13-4-5-13/h3,6-11,13H,2,4-5H2,1H3. The number of ether oxygens (including phenoxy) is 1. The maximum atomic E-state index is 13.5. The summed E-state index contributed by atoms with van der Waals surface area (Å²) in [5.41, 5.74) is 3.76. The first-order valence-electron chi connectivity index (χ1n) is 7.24. The molecule has 3 rings (SSSR count). The van der Waals surface area contributed by atoms with Gasteiger partial charge in [0.05, 0.1) is 6.61 Å². The molecule has 1 aliphatic carbocycles. The Hall–Kier alpha value is -2.16. The Morgan fingerprint density at radius 3 is 2.62 bits per heavy atom. The van der Waals surface area contributed by atoms with Crippen molar-refractivity contribution in [3.63, 3.8) is 0 Å². The molecule has 0 spiro atoms. The summed E-state index contributed by atoms with van der Waals surface area (Å²) in [5.74, 6) is 0.748. The fourth-order valence-corrected chi connectivity index (χ4v) is 2.63. The van der Waals surface area contributed by atoms with Gasteiger partial charge < -0.3 is 4.74 Å². The summed E-state index contributed by atoms with van der Waals surface area (Å²) in [6.07, 6.45) is 3.14. The molecule has 0 unspecified atom stereocenters. The summed E-state index contributed by atoms with van der Waals surface area (Å²) in [6.45, 7) is 2.37. The number of carbonyl (C=O) groups is 1. The number of rotatable bonds is 5. The summed E-state index contributed by atoms with van der Waals surface area (Å²) in [5, 5.41) is 0. The normalized spacial score (nSPS) is 14.0. The molecular weight excluding hydrogens is 267 g/mol. The van der Waals surface area contributed by atoms with E-state index in [1.165, 1.54) is 12.1 Å². The predicted octanol–water partition coefficient (Wildman–Crippen LogP) is 4.58. The molecule has 1 saturated carbocycles. The average molecular weight is 284 g/mol. The first kappa shape index (κ1) is 13.8. The quantitative estimate of drug-likeness (QED) is 0.751. The van der Waals surface area contributed by atoms with Crippen LogP contribution >= 0.6 is 0 Å². The summed E-state index contributed by atoms with van der Waals surface area (Å²) in [7, 11) is 0. The van der Waals surface area contributed by atoms with Gasteiger partial charge >= 0.3 is 0 Å². The number of halogens is 1. The van der Waals surface area contributed by atoms with E-state index in [1.807, 2.05) is 19.1 Å². The van der Waals surface area contributed by atoms with Crippen LogP contribution in [0.3, 0.4) is 0 Å². The summed E-state index contributed by atoms with van der Waals surface area (Å²) < 4.78 is 19.0. The fourth-order valence-electron chi connectivity index (χ4n) is 2.63. The molecule has 0 amide bonds. The van der Waals surface area contributed by atoms with Crippen molar-refractivity contribution in [1.82, 2.24) is 0 Å². The summed E-state index contributed by atoms with van der Waals surface area (Å²) in [4.78, 5) is 11.0. The molecule has 0 N–H and O–H groups in total. The van der Waals surface area contributed by atoms with Crippen molar-refractivity contribution in [1.29, 1.82) is 0 Å². The van der Waals surface area contributed by atoms with Crippen LogP contribution in [0.2, 0.25) is 0 Å². The lowest BCUT2D eigenvalue weighted by molar-refractivity contribution is 0.112. The van der Waals surface area contributed by atoms with Crippen molar-refractivity contribution in [3.8, 4) is 16.9 Å². The smallest absolute Gasteiger partial charge is 0.150 e. The molecule has 1 aliphatic rings. The Bertz CT molecular complexity index is 675. The molecule has 108 valence electrons. The van der Waals surface area contributed by atoms with Crippen molar-refractivity contribution < 1.29 is 13.9 Å². The van der Waals surface area contributed by atoms with Crippen LogP contribution in [0.25, 0.3) is 11.1 Å². The lowest BCUT2D eigenvalue weighted by Gasteiger charge is -2.14. The Kier molecular flexibility index (Phi) is 3.74. The van der Waals surface area contributed by atoms with Crippen molar-refractivity contribution in [2.24, 2.45) is 0 Å². The zero-order valence-corrected chi connectivity index (χ0v) is 11.9. The molecular formula is C18H17FO2. The molecule has 0 aliphatic heterocycles.